The van der Waals surface area contributed by atoms with E-state index < -0.39 is 6.04 Å². The Bertz CT molecular complexity index is 498. The first-order valence-electron chi connectivity index (χ1n) is 5.40. The Kier molecular flexibility index (Phi) is 3.46. The highest BCUT2D eigenvalue weighted by atomic mass is 16.5. The lowest BCUT2D eigenvalue weighted by Gasteiger charge is -2.01. The lowest BCUT2D eigenvalue weighted by molar-refractivity contribution is 0.237. The van der Waals surface area contributed by atoms with Crippen LogP contribution in [0.15, 0.2) is 22.9 Å². The van der Waals surface area contributed by atoms with Crippen molar-refractivity contribution in [3.05, 3.63) is 29.8 Å². The van der Waals surface area contributed by atoms with Crippen molar-refractivity contribution in [3.63, 3.8) is 0 Å². The molecule has 0 bridgehead atoms. The van der Waals surface area contributed by atoms with Gasteiger partial charge >= 0.3 is 0 Å². The molecule has 0 saturated carbocycles. The topological polar surface area (TPSA) is 98.1 Å². The van der Waals surface area contributed by atoms with Crippen molar-refractivity contribution in [3.8, 4) is 11.5 Å². The van der Waals surface area contributed by atoms with Gasteiger partial charge in [-0.05, 0) is 18.1 Å². The monoisotopic (exact) mass is 234 g/mol. The van der Waals surface area contributed by atoms with Gasteiger partial charge in [0.2, 0.25) is 11.7 Å². The van der Waals surface area contributed by atoms with Crippen LogP contribution in [0, 0.1) is 0 Å². The second-order valence-corrected chi connectivity index (χ2v) is 3.61. The standard InChI is InChI=1S/C11H14N4O2/c1-2-7-4-3-5-13-9(7)10-14-11(17-15-10)8(12)6-16/h3-5,8,16H,2,6,12H2,1H3/t8-/m1/s1. The maximum atomic E-state index is 8.90. The summed E-state index contributed by atoms with van der Waals surface area (Å²) in [6.45, 7) is 1.80. The van der Waals surface area contributed by atoms with E-state index in [0.717, 1.165) is 12.0 Å². The maximum Gasteiger partial charge on any atom is 0.246 e. The molecule has 0 fully saturated rings. The molecule has 0 aliphatic heterocycles. The van der Waals surface area contributed by atoms with Crippen molar-refractivity contribution in [1.82, 2.24) is 15.1 Å². The van der Waals surface area contributed by atoms with E-state index >= 15 is 0 Å². The molecule has 1 atom stereocenters. The summed E-state index contributed by atoms with van der Waals surface area (Å²) in [6.07, 6.45) is 2.51. The SMILES string of the molecule is CCc1cccnc1-c1noc([C@H](N)CO)n1. The normalized spacial score (nSPS) is 12.6. The van der Waals surface area contributed by atoms with Gasteiger partial charge in [-0.3, -0.25) is 4.98 Å². The first kappa shape index (κ1) is 11.7. The van der Waals surface area contributed by atoms with E-state index in [0.29, 0.717) is 11.5 Å². The summed E-state index contributed by atoms with van der Waals surface area (Å²) in [4.78, 5) is 8.36. The number of hydrogen-bond acceptors (Lipinski definition) is 6. The summed E-state index contributed by atoms with van der Waals surface area (Å²) < 4.78 is 4.99. The quantitative estimate of drug-likeness (QED) is 0.807. The van der Waals surface area contributed by atoms with E-state index in [2.05, 4.69) is 15.1 Å². The largest absolute Gasteiger partial charge is 0.394 e. The van der Waals surface area contributed by atoms with Crippen molar-refractivity contribution in [1.29, 1.82) is 0 Å². The predicted octanol–water partition coefficient (Wildman–Crippen LogP) is 0.686. The van der Waals surface area contributed by atoms with Crippen LogP contribution in [0.4, 0.5) is 0 Å². The van der Waals surface area contributed by atoms with Gasteiger partial charge in [0.05, 0.1) is 6.61 Å². The molecule has 0 aromatic carbocycles. The van der Waals surface area contributed by atoms with E-state index in [4.69, 9.17) is 15.4 Å². The van der Waals surface area contributed by atoms with Gasteiger partial charge in [-0.25, -0.2) is 0 Å². The van der Waals surface area contributed by atoms with Crippen LogP contribution in [0.5, 0.6) is 0 Å². The summed E-state index contributed by atoms with van der Waals surface area (Å²) in [6, 6.07) is 3.18. The van der Waals surface area contributed by atoms with Crippen molar-refractivity contribution in [2.45, 2.75) is 19.4 Å². The zero-order valence-electron chi connectivity index (χ0n) is 9.50. The summed E-state index contributed by atoms with van der Waals surface area (Å²) in [5.74, 6) is 0.622. The Morgan fingerprint density at radius 3 is 3.06 bits per heavy atom. The Labute approximate surface area is 98.5 Å². The third kappa shape index (κ3) is 2.32. The summed E-state index contributed by atoms with van der Waals surface area (Å²) >= 11 is 0. The van der Waals surface area contributed by atoms with Crippen molar-refractivity contribution in [2.75, 3.05) is 6.61 Å². The van der Waals surface area contributed by atoms with E-state index in [-0.39, 0.29) is 12.5 Å². The molecular weight excluding hydrogens is 220 g/mol. The Hall–Kier alpha value is -1.79. The lowest BCUT2D eigenvalue weighted by atomic mass is 10.1. The molecule has 0 spiro atoms. The summed E-state index contributed by atoms with van der Waals surface area (Å²) in [5.41, 5.74) is 7.32. The Balaban J connectivity index is 2.37. The molecule has 6 heteroatoms. The molecular formula is C11H14N4O2. The van der Waals surface area contributed by atoms with Crippen molar-refractivity contribution < 1.29 is 9.63 Å². The number of nitrogens with zero attached hydrogens (tertiary/aromatic N) is 3. The number of aromatic nitrogens is 3. The summed E-state index contributed by atoms with van der Waals surface area (Å²) in [5, 5.41) is 12.7. The number of rotatable bonds is 4. The van der Waals surface area contributed by atoms with Gasteiger partial charge in [0, 0.05) is 6.20 Å². The zero-order valence-corrected chi connectivity index (χ0v) is 9.50. The minimum atomic E-state index is -0.648. The smallest absolute Gasteiger partial charge is 0.246 e. The molecule has 0 amide bonds. The average molecular weight is 234 g/mol. The number of pyridine rings is 1. The molecule has 17 heavy (non-hydrogen) atoms. The third-order valence-electron chi connectivity index (χ3n) is 2.44. The molecule has 2 aromatic rings. The maximum absolute atomic E-state index is 8.90. The van der Waals surface area contributed by atoms with E-state index in [1.54, 1.807) is 6.20 Å². The van der Waals surface area contributed by atoms with Gasteiger partial charge in [0.25, 0.3) is 0 Å². The first-order chi connectivity index (χ1) is 8.26. The number of aliphatic hydroxyl groups excluding tert-OH is 1. The molecule has 2 heterocycles. The van der Waals surface area contributed by atoms with Gasteiger partial charge in [-0.2, -0.15) is 4.98 Å². The Morgan fingerprint density at radius 1 is 1.53 bits per heavy atom. The number of nitrogens with two attached hydrogens (primary N) is 1. The molecule has 0 aliphatic carbocycles. The molecule has 0 radical (unpaired) electrons. The lowest BCUT2D eigenvalue weighted by Crippen LogP contribution is -2.14. The first-order valence-corrected chi connectivity index (χ1v) is 5.40. The van der Waals surface area contributed by atoms with Gasteiger partial charge in [0.1, 0.15) is 11.7 Å². The molecule has 0 aliphatic rings. The van der Waals surface area contributed by atoms with Gasteiger partial charge in [0.15, 0.2) is 0 Å². The molecule has 2 rings (SSSR count). The van der Waals surface area contributed by atoms with Crippen LogP contribution in [-0.2, 0) is 6.42 Å². The van der Waals surface area contributed by atoms with E-state index in [1.165, 1.54) is 0 Å². The van der Waals surface area contributed by atoms with Crippen LogP contribution in [-0.4, -0.2) is 26.8 Å². The van der Waals surface area contributed by atoms with Gasteiger partial charge < -0.3 is 15.4 Å². The molecule has 90 valence electrons. The third-order valence-corrected chi connectivity index (χ3v) is 2.44. The van der Waals surface area contributed by atoms with Crippen LogP contribution in [0.1, 0.15) is 24.4 Å². The van der Waals surface area contributed by atoms with Gasteiger partial charge in [-0.15, -0.1) is 0 Å². The van der Waals surface area contributed by atoms with Crippen LogP contribution in [0.25, 0.3) is 11.5 Å². The number of aliphatic hydroxyl groups is 1. The minimum absolute atomic E-state index is 0.218. The second kappa shape index (κ2) is 5.03. The fourth-order valence-electron chi connectivity index (χ4n) is 1.49. The highest BCUT2D eigenvalue weighted by molar-refractivity contribution is 5.53. The molecule has 6 nitrogen and oxygen atoms in total. The minimum Gasteiger partial charge on any atom is -0.394 e. The number of aryl methyl sites for hydroxylation is 1. The van der Waals surface area contributed by atoms with Crippen LogP contribution >= 0.6 is 0 Å². The van der Waals surface area contributed by atoms with E-state index in [9.17, 15) is 0 Å². The fourth-order valence-corrected chi connectivity index (χ4v) is 1.49. The summed E-state index contributed by atoms with van der Waals surface area (Å²) in [7, 11) is 0. The molecule has 0 unspecified atom stereocenters. The second-order valence-electron chi connectivity index (χ2n) is 3.61. The Morgan fingerprint density at radius 2 is 2.35 bits per heavy atom. The van der Waals surface area contributed by atoms with E-state index in [1.807, 2.05) is 19.1 Å². The van der Waals surface area contributed by atoms with Crippen LogP contribution < -0.4 is 5.73 Å². The fraction of sp³-hybridized carbons (Fsp3) is 0.364. The predicted molar refractivity (Wildman–Crippen MR) is 60.9 cm³/mol. The molecule has 0 saturated heterocycles. The van der Waals surface area contributed by atoms with Crippen molar-refractivity contribution >= 4 is 0 Å². The molecule has 3 N–H and O–H groups in total. The highest BCUT2D eigenvalue weighted by Crippen LogP contribution is 2.19. The van der Waals surface area contributed by atoms with Gasteiger partial charge in [-0.1, -0.05) is 18.1 Å². The van der Waals surface area contributed by atoms with Crippen LogP contribution in [0.2, 0.25) is 0 Å². The number of hydrogen-bond donors (Lipinski definition) is 2. The molecule has 2 aromatic heterocycles. The average Bonchev–Trinajstić information content (AvgIpc) is 2.87. The van der Waals surface area contributed by atoms with Crippen LogP contribution in [0.3, 0.4) is 0 Å². The zero-order chi connectivity index (χ0) is 12.3. The van der Waals surface area contributed by atoms with Crippen molar-refractivity contribution in [2.24, 2.45) is 5.73 Å². The highest BCUT2D eigenvalue weighted by Gasteiger charge is 2.16.